The van der Waals surface area contributed by atoms with Gasteiger partial charge in [-0.3, -0.25) is 4.90 Å². The molecule has 5 heteroatoms. The van der Waals surface area contributed by atoms with Crippen LogP contribution in [0, 0.1) is 20.8 Å². The number of aliphatic hydroxyl groups is 1. The molecule has 3 aromatic rings. The summed E-state index contributed by atoms with van der Waals surface area (Å²) in [4.78, 5) is 2.09. The van der Waals surface area contributed by atoms with Gasteiger partial charge in [0.15, 0.2) is 0 Å². The van der Waals surface area contributed by atoms with E-state index in [0.29, 0.717) is 19.6 Å². The zero-order chi connectivity index (χ0) is 19.2. The van der Waals surface area contributed by atoms with Crippen molar-refractivity contribution in [1.29, 1.82) is 0 Å². The lowest BCUT2D eigenvalue weighted by Crippen LogP contribution is -2.34. The van der Waals surface area contributed by atoms with E-state index in [0.717, 1.165) is 23.0 Å². The predicted octanol–water partition coefficient (Wildman–Crippen LogP) is 4.24. The second-order valence-electron chi connectivity index (χ2n) is 6.97. The summed E-state index contributed by atoms with van der Waals surface area (Å²) in [5, 5.41) is 10.5. The number of aryl methyl sites for hydroxylation is 3. The topological polar surface area (TPSA) is 59.0 Å². The first kappa shape index (κ1) is 19.3. The van der Waals surface area contributed by atoms with Crippen molar-refractivity contribution in [1.82, 2.24) is 4.90 Å². The SMILES string of the molecule is Cc1ccc(CN(Cc2ccco2)CC(O)COc2ccc(C)c(C)c2)o1. The van der Waals surface area contributed by atoms with E-state index in [-0.39, 0.29) is 6.61 Å². The number of nitrogens with zero attached hydrogens (tertiary/aromatic N) is 1. The molecule has 2 heterocycles. The monoisotopic (exact) mass is 369 g/mol. The van der Waals surface area contributed by atoms with E-state index in [9.17, 15) is 5.11 Å². The van der Waals surface area contributed by atoms with E-state index in [4.69, 9.17) is 13.6 Å². The Bertz CT molecular complexity index is 838. The van der Waals surface area contributed by atoms with E-state index in [2.05, 4.69) is 18.7 Å². The van der Waals surface area contributed by atoms with Crippen molar-refractivity contribution in [2.24, 2.45) is 0 Å². The van der Waals surface area contributed by atoms with E-state index < -0.39 is 6.10 Å². The van der Waals surface area contributed by atoms with Gasteiger partial charge in [0.05, 0.1) is 19.4 Å². The average molecular weight is 369 g/mol. The van der Waals surface area contributed by atoms with Crippen molar-refractivity contribution in [3.8, 4) is 5.75 Å². The van der Waals surface area contributed by atoms with Gasteiger partial charge in [0.1, 0.15) is 35.7 Å². The Morgan fingerprint density at radius 3 is 2.48 bits per heavy atom. The standard InChI is InChI=1S/C22H27NO4/c1-16-6-8-20(11-17(16)2)26-15-19(24)12-23(13-21-5-4-10-25-21)14-22-9-7-18(3)27-22/h4-11,19,24H,12-15H2,1-3H3. The molecule has 27 heavy (non-hydrogen) atoms. The molecule has 0 saturated carbocycles. The molecule has 2 aromatic heterocycles. The van der Waals surface area contributed by atoms with Crippen molar-refractivity contribution in [2.75, 3.05) is 13.2 Å². The molecule has 1 unspecified atom stereocenters. The minimum atomic E-state index is -0.627. The van der Waals surface area contributed by atoms with Gasteiger partial charge in [-0.05, 0) is 68.3 Å². The Morgan fingerprint density at radius 1 is 1.00 bits per heavy atom. The fourth-order valence-corrected chi connectivity index (χ4v) is 2.95. The molecule has 0 saturated heterocycles. The van der Waals surface area contributed by atoms with Crippen LogP contribution in [0.2, 0.25) is 0 Å². The van der Waals surface area contributed by atoms with Crippen LogP contribution >= 0.6 is 0 Å². The Kier molecular flexibility index (Phi) is 6.37. The maximum absolute atomic E-state index is 10.5. The van der Waals surface area contributed by atoms with Crippen LogP contribution in [0.15, 0.2) is 57.6 Å². The first-order chi connectivity index (χ1) is 13.0. The highest BCUT2D eigenvalue weighted by atomic mass is 16.5. The van der Waals surface area contributed by atoms with Crippen molar-refractivity contribution in [3.05, 3.63) is 77.1 Å². The van der Waals surface area contributed by atoms with Gasteiger partial charge in [-0.25, -0.2) is 0 Å². The zero-order valence-electron chi connectivity index (χ0n) is 16.1. The quantitative estimate of drug-likeness (QED) is 0.611. The third-order valence-electron chi connectivity index (χ3n) is 4.52. The number of hydrogen-bond acceptors (Lipinski definition) is 5. The lowest BCUT2D eigenvalue weighted by molar-refractivity contribution is 0.0579. The number of hydrogen-bond donors (Lipinski definition) is 1. The Hall–Kier alpha value is -2.50. The van der Waals surface area contributed by atoms with Crippen LogP contribution in [0.5, 0.6) is 5.75 Å². The van der Waals surface area contributed by atoms with Crippen LogP contribution in [0.4, 0.5) is 0 Å². The molecule has 144 valence electrons. The summed E-state index contributed by atoms with van der Waals surface area (Å²) in [6, 6.07) is 13.7. The van der Waals surface area contributed by atoms with Gasteiger partial charge >= 0.3 is 0 Å². The fraction of sp³-hybridized carbons (Fsp3) is 0.364. The van der Waals surface area contributed by atoms with E-state index in [1.54, 1.807) is 6.26 Å². The first-order valence-electron chi connectivity index (χ1n) is 9.18. The number of furan rings is 2. The number of benzene rings is 1. The maximum Gasteiger partial charge on any atom is 0.119 e. The molecular formula is C22H27NO4. The highest BCUT2D eigenvalue weighted by Crippen LogP contribution is 2.17. The van der Waals surface area contributed by atoms with Crippen LogP contribution < -0.4 is 4.74 Å². The summed E-state index contributed by atoms with van der Waals surface area (Å²) >= 11 is 0. The van der Waals surface area contributed by atoms with Gasteiger partial charge in [-0.2, -0.15) is 0 Å². The smallest absolute Gasteiger partial charge is 0.119 e. The third kappa shape index (κ3) is 5.74. The van der Waals surface area contributed by atoms with Crippen LogP contribution in [0.25, 0.3) is 0 Å². The summed E-state index contributed by atoms with van der Waals surface area (Å²) in [6.45, 7) is 7.90. The zero-order valence-corrected chi connectivity index (χ0v) is 16.1. The molecule has 0 aliphatic heterocycles. The Morgan fingerprint density at radius 2 is 1.81 bits per heavy atom. The highest BCUT2D eigenvalue weighted by Gasteiger charge is 2.16. The minimum absolute atomic E-state index is 0.230. The summed E-state index contributed by atoms with van der Waals surface area (Å²) < 4.78 is 16.9. The lowest BCUT2D eigenvalue weighted by Gasteiger charge is -2.23. The fourth-order valence-electron chi connectivity index (χ4n) is 2.95. The molecule has 3 rings (SSSR count). The third-order valence-corrected chi connectivity index (χ3v) is 4.52. The Balaban J connectivity index is 1.58. The molecule has 0 bridgehead atoms. The first-order valence-corrected chi connectivity index (χ1v) is 9.18. The van der Waals surface area contributed by atoms with Gasteiger partial charge in [0.25, 0.3) is 0 Å². The summed E-state index contributed by atoms with van der Waals surface area (Å²) in [7, 11) is 0. The summed E-state index contributed by atoms with van der Waals surface area (Å²) in [5.41, 5.74) is 2.40. The molecule has 5 nitrogen and oxygen atoms in total. The maximum atomic E-state index is 10.5. The largest absolute Gasteiger partial charge is 0.491 e. The molecule has 1 aromatic carbocycles. The average Bonchev–Trinajstić information content (AvgIpc) is 3.28. The molecule has 0 amide bonds. The molecule has 1 N–H and O–H groups in total. The molecule has 0 fully saturated rings. The second-order valence-corrected chi connectivity index (χ2v) is 6.97. The van der Waals surface area contributed by atoms with Gasteiger partial charge in [-0.1, -0.05) is 6.07 Å². The number of aliphatic hydroxyl groups excluding tert-OH is 1. The second kappa shape index (κ2) is 8.93. The van der Waals surface area contributed by atoms with E-state index in [1.165, 1.54) is 11.1 Å². The van der Waals surface area contributed by atoms with Gasteiger partial charge in [0, 0.05) is 6.54 Å². The molecule has 0 aliphatic rings. The van der Waals surface area contributed by atoms with Crippen molar-refractivity contribution in [3.63, 3.8) is 0 Å². The normalized spacial score (nSPS) is 12.5. The Labute approximate surface area is 160 Å². The van der Waals surface area contributed by atoms with Gasteiger partial charge in [-0.15, -0.1) is 0 Å². The highest BCUT2D eigenvalue weighted by molar-refractivity contribution is 5.33. The minimum Gasteiger partial charge on any atom is -0.491 e. The van der Waals surface area contributed by atoms with E-state index in [1.807, 2.05) is 49.4 Å². The van der Waals surface area contributed by atoms with Gasteiger partial charge < -0.3 is 18.7 Å². The summed E-state index contributed by atoms with van der Waals surface area (Å²) in [6.07, 6.45) is 1.03. The molecule has 1 atom stereocenters. The van der Waals surface area contributed by atoms with Crippen LogP contribution in [-0.2, 0) is 13.1 Å². The molecule has 0 aliphatic carbocycles. The van der Waals surface area contributed by atoms with E-state index >= 15 is 0 Å². The van der Waals surface area contributed by atoms with Crippen molar-refractivity contribution >= 4 is 0 Å². The summed E-state index contributed by atoms with van der Waals surface area (Å²) in [5.74, 6) is 3.36. The van der Waals surface area contributed by atoms with Gasteiger partial charge in [0.2, 0.25) is 0 Å². The van der Waals surface area contributed by atoms with Crippen LogP contribution in [-0.4, -0.2) is 29.3 Å². The predicted molar refractivity (Wildman–Crippen MR) is 104 cm³/mol. The molecule has 0 spiro atoms. The van der Waals surface area contributed by atoms with Crippen LogP contribution in [0.1, 0.15) is 28.4 Å². The number of rotatable bonds is 9. The molecule has 0 radical (unpaired) electrons. The molecular weight excluding hydrogens is 342 g/mol. The van der Waals surface area contributed by atoms with Crippen molar-refractivity contribution in [2.45, 2.75) is 40.0 Å². The lowest BCUT2D eigenvalue weighted by atomic mass is 10.1. The van der Waals surface area contributed by atoms with Crippen molar-refractivity contribution < 1.29 is 18.7 Å². The van der Waals surface area contributed by atoms with Crippen LogP contribution in [0.3, 0.4) is 0 Å². The number of ether oxygens (including phenoxy) is 1.